The zero-order valence-electron chi connectivity index (χ0n) is 12.0. The highest BCUT2D eigenvalue weighted by molar-refractivity contribution is 6.32. The van der Waals surface area contributed by atoms with Crippen LogP contribution in [0.5, 0.6) is 5.75 Å². The van der Waals surface area contributed by atoms with E-state index in [0.29, 0.717) is 18.8 Å². The molecule has 0 spiro atoms. The van der Waals surface area contributed by atoms with E-state index in [0.717, 1.165) is 30.7 Å². The topological polar surface area (TPSA) is 41.8 Å². The minimum atomic E-state index is -0.795. The third-order valence-corrected chi connectivity index (χ3v) is 4.43. The van der Waals surface area contributed by atoms with E-state index in [-0.39, 0.29) is 17.4 Å². The highest BCUT2D eigenvalue weighted by atomic mass is 35.5. The lowest BCUT2D eigenvalue weighted by molar-refractivity contribution is 0.0837. The molecular weight excluding hydrogens is 293 g/mol. The largest absolute Gasteiger partial charge is 0.486 e. The molecule has 114 valence electrons. The van der Waals surface area contributed by atoms with Crippen LogP contribution >= 0.6 is 11.6 Å². The van der Waals surface area contributed by atoms with Crippen LogP contribution in [0.25, 0.3) is 0 Å². The van der Waals surface area contributed by atoms with Crippen molar-refractivity contribution < 1.29 is 14.2 Å². The number of ether oxygens (including phenoxy) is 1. The number of nitrogens with zero attached hydrogens (tertiary/aromatic N) is 1. The molecule has 5 heteroatoms. The van der Waals surface area contributed by atoms with Gasteiger partial charge in [-0.25, -0.2) is 4.39 Å². The van der Waals surface area contributed by atoms with Gasteiger partial charge in [0.1, 0.15) is 6.61 Å². The molecule has 3 nitrogen and oxygen atoms in total. The van der Waals surface area contributed by atoms with Gasteiger partial charge < -0.3 is 9.84 Å². The van der Waals surface area contributed by atoms with Gasteiger partial charge in [-0.3, -0.25) is 4.99 Å². The minimum absolute atomic E-state index is 0.0183. The Labute approximate surface area is 128 Å². The quantitative estimate of drug-likeness (QED) is 0.923. The molecule has 0 aromatic heterocycles. The fourth-order valence-electron chi connectivity index (χ4n) is 2.61. The zero-order valence-corrected chi connectivity index (χ0v) is 12.8. The average molecular weight is 312 g/mol. The summed E-state index contributed by atoms with van der Waals surface area (Å²) < 4.78 is 19.6. The van der Waals surface area contributed by atoms with Crippen LogP contribution in [0, 0.1) is 11.7 Å². The fourth-order valence-corrected chi connectivity index (χ4v) is 2.87. The summed E-state index contributed by atoms with van der Waals surface area (Å²) in [6.45, 7) is 2.96. The van der Waals surface area contributed by atoms with Crippen LogP contribution in [0.2, 0.25) is 5.02 Å². The summed E-state index contributed by atoms with van der Waals surface area (Å²) in [5.74, 6) is -0.166. The Hall–Kier alpha value is -1.13. The second-order valence-corrected chi connectivity index (χ2v) is 6.50. The summed E-state index contributed by atoms with van der Waals surface area (Å²) in [7, 11) is 0. The lowest BCUT2D eigenvalue weighted by atomic mass is 9.91. The molecule has 1 aromatic carbocycles. The van der Waals surface area contributed by atoms with Crippen molar-refractivity contribution >= 4 is 17.3 Å². The average Bonchev–Trinajstić information content (AvgIpc) is 3.16. The lowest BCUT2D eigenvalue weighted by Crippen LogP contribution is -2.20. The second kappa shape index (κ2) is 5.58. The Morgan fingerprint density at radius 3 is 2.86 bits per heavy atom. The minimum Gasteiger partial charge on any atom is -0.486 e. The van der Waals surface area contributed by atoms with E-state index >= 15 is 0 Å². The first kappa shape index (κ1) is 14.8. The molecule has 0 saturated heterocycles. The molecule has 21 heavy (non-hydrogen) atoms. The maximum Gasteiger partial charge on any atom is 0.173 e. The van der Waals surface area contributed by atoms with Gasteiger partial charge >= 0.3 is 0 Å². The van der Waals surface area contributed by atoms with Gasteiger partial charge in [0.25, 0.3) is 0 Å². The van der Waals surface area contributed by atoms with Crippen LogP contribution in [0.3, 0.4) is 0 Å². The molecule has 2 aliphatic rings. The van der Waals surface area contributed by atoms with Gasteiger partial charge in [-0.1, -0.05) is 18.5 Å². The smallest absolute Gasteiger partial charge is 0.173 e. The summed E-state index contributed by atoms with van der Waals surface area (Å²) in [6.07, 6.45) is 3.52. The summed E-state index contributed by atoms with van der Waals surface area (Å²) in [6, 6.07) is 3.14. The highest BCUT2D eigenvalue weighted by Crippen LogP contribution is 2.37. The molecule has 1 heterocycles. The highest BCUT2D eigenvalue weighted by Gasteiger charge is 2.41. The third-order valence-electron chi connectivity index (χ3n) is 4.15. The molecule has 1 aromatic rings. The monoisotopic (exact) mass is 311 g/mol. The van der Waals surface area contributed by atoms with Crippen molar-refractivity contribution in [3.8, 4) is 5.75 Å². The number of aliphatic hydroxyl groups is 1. The first-order chi connectivity index (χ1) is 9.98. The zero-order chi connectivity index (χ0) is 15.0. The van der Waals surface area contributed by atoms with E-state index in [4.69, 9.17) is 16.3 Å². The second-order valence-electron chi connectivity index (χ2n) is 6.09. The molecule has 1 N–H and O–H groups in total. The summed E-state index contributed by atoms with van der Waals surface area (Å²) in [5.41, 5.74) is 0.841. The Balaban J connectivity index is 1.83. The van der Waals surface area contributed by atoms with Gasteiger partial charge in [0, 0.05) is 17.8 Å². The molecule has 1 atom stereocenters. The molecular formula is C16H19ClFNO2. The van der Waals surface area contributed by atoms with Crippen molar-refractivity contribution in [1.82, 2.24) is 0 Å². The van der Waals surface area contributed by atoms with Gasteiger partial charge in [-0.15, -0.1) is 0 Å². The van der Waals surface area contributed by atoms with E-state index in [1.165, 1.54) is 6.07 Å². The lowest BCUT2D eigenvalue weighted by Gasteiger charge is -2.20. The normalized spacial score (nSPS) is 23.6. The van der Waals surface area contributed by atoms with Crippen molar-refractivity contribution in [2.24, 2.45) is 10.9 Å². The van der Waals surface area contributed by atoms with Crippen LogP contribution in [0.1, 0.15) is 38.2 Å². The third kappa shape index (κ3) is 3.22. The van der Waals surface area contributed by atoms with Crippen molar-refractivity contribution in [2.45, 2.75) is 38.2 Å². The number of rotatable bonds is 4. The molecule has 0 amide bonds. The Morgan fingerprint density at radius 2 is 2.24 bits per heavy atom. The molecule has 1 saturated carbocycles. The number of hydrogen-bond acceptors (Lipinski definition) is 3. The van der Waals surface area contributed by atoms with Crippen LogP contribution in [0.15, 0.2) is 17.1 Å². The Morgan fingerprint density at radius 1 is 1.48 bits per heavy atom. The van der Waals surface area contributed by atoms with Crippen molar-refractivity contribution in [3.63, 3.8) is 0 Å². The summed E-state index contributed by atoms with van der Waals surface area (Å²) >= 11 is 6.15. The van der Waals surface area contributed by atoms with E-state index in [1.807, 2.05) is 0 Å². The van der Waals surface area contributed by atoms with Crippen LogP contribution in [-0.4, -0.2) is 29.6 Å². The summed E-state index contributed by atoms with van der Waals surface area (Å²) in [5, 5.41) is 9.99. The Kier molecular flexibility index (Phi) is 3.93. The molecule has 1 aliphatic carbocycles. The summed E-state index contributed by atoms with van der Waals surface area (Å²) in [4.78, 5) is 4.50. The standard InChI is InChI=1S/C16H19ClFNO2/c1-10-3-2-6-19-14(10)11-7-12(17)15(13(18)8-11)21-9-16(20)4-5-16/h7-8,10,20H,2-6,9H2,1H3. The van der Waals surface area contributed by atoms with Gasteiger partial charge in [0.05, 0.1) is 10.6 Å². The van der Waals surface area contributed by atoms with E-state index in [1.54, 1.807) is 6.07 Å². The van der Waals surface area contributed by atoms with E-state index < -0.39 is 11.4 Å². The molecule has 0 bridgehead atoms. The predicted octanol–water partition coefficient (Wildman–Crippen LogP) is 3.60. The van der Waals surface area contributed by atoms with Crippen LogP contribution in [0.4, 0.5) is 4.39 Å². The van der Waals surface area contributed by atoms with Crippen molar-refractivity contribution in [3.05, 3.63) is 28.5 Å². The van der Waals surface area contributed by atoms with E-state index in [9.17, 15) is 9.50 Å². The van der Waals surface area contributed by atoms with Gasteiger partial charge in [0.2, 0.25) is 0 Å². The number of aliphatic imine (C=N–C) groups is 1. The first-order valence-electron chi connectivity index (χ1n) is 7.37. The van der Waals surface area contributed by atoms with Crippen LogP contribution in [-0.2, 0) is 0 Å². The predicted molar refractivity (Wildman–Crippen MR) is 80.9 cm³/mol. The van der Waals surface area contributed by atoms with Crippen LogP contribution < -0.4 is 4.74 Å². The number of halogens is 2. The van der Waals surface area contributed by atoms with Gasteiger partial charge in [0.15, 0.2) is 11.6 Å². The Bertz CT molecular complexity index is 561. The van der Waals surface area contributed by atoms with Gasteiger partial charge in [-0.2, -0.15) is 0 Å². The maximum atomic E-state index is 14.2. The van der Waals surface area contributed by atoms with Crippen molar-refractivity contribution in [2.75, 3.05) is 13.2 Å². The number of benzene rings is 1. The fraction of sp³-hybridized carbons (Fsp3) is 0.562. The molecule has 1 aliphatic heterocycles. The molecule has 3 rings (SSSR count). The SMILES string of the molecule is CC1CCCN=C1c1cc(F)c(OCC2(O)CC2)c(Cl)c1. The molecule has 0 radical (unpaired) electrons. The molecule has 1 fully saturated rings. The first-order valence-corrected chi connectivity index (χ1v) is 7.75. The van der Waals surface area contributed by atoms with Gasteiger partial charge in [-0.05, 0) is 43.7 Å². The van der Waals surface area contributed by atoms with E-state index in [2.05, 4.69) is 11.9 Å². The molecule has 1 unspecified atom stereocenters. The number of hydrogen-bond donors (Lipinski definition) is 1. The maximum absolute atomic E-state index is 14.2. The van der Waals surface area contributed by atoms with Crippen molar-refractivity contribution in [1.29, 1.82) is 0 Å².